The molecule has 0 saturated carbocycles. The van der Waals surface area contributed by atoms with Gasteiger partial charge in [-0.1, -0.05) is 19.6 Å². The molecule has 182 valence electrons. The maximum atomic E-state index is 11.8. The molecule has 0 bridgehead atoms. The molecule has 4 aromatic rings. The number of imidazole rings is 1. The van der Waals surface area contributed by atoms with Gasteiger partial charge in [-0.25, -0.2) is 9.78 Å². The van der Waals surface area contributed by atoms with Crippen LogP contribution < -0.4 is 4.74 Å². The van der Waals surface area contributed by atoms with Crippen molar-refractivity contribution in [1.29, 1.82) is 5.26 Å². The van der Waals surface area contributed by atoms with Crippen molar-refractivity contribution in [3.8, 4) is 11.8 Å². The lowest BCUT2D eigenvalue weighted by Gasteiger charge is -2.17. The molecule has 2 aromatic heterocycles. The quantitative estimate of drug-likeness (QED) is 0.254. The fraction of sp³-hybridized carbons (Fsp3) is 0.346. The Kier molecular flexibility index (Phi) is 6.70. The van der Waals surface area contributed by atoms with Crippen molar-refractivity contribution in [2.75, 3.05) is 13.7 Å². The lowest BCUT2D eigenvalue weighted by atomic mass is 10.0. The van der Waals surface area contributed by atoms with E-state index in [4.69, 9.17) is 14.5 Å². The van der Waals surface area contributed by atoms with Gasteiger partial charge in [0.05, 0.1) is 35.3 Å². The number of fused-ring (bicyclic) bond motifs is 2. The van der Waals surface area contributed by atoms with Crippen molar-refractivity contribution in [2.45, 2.75) is 45.8 Å². The van der Waals surface area contributed by atoms with Crippen LogP contribution in [0.15, 0.2) is 36.5 Å². The van der Waals surface area contributed by atoms with E-state index in [1.54, 1.807) is 31.5 Å². The molecule has 0 spiro atoms. The third-order valence-electron chi connectivity index (χ3n) is 6.16. The number of benzene rings is 2. The predicted molar refractivity (Wildman–Crippen MR) is 138 cm³/mol. The molecule has 35 heavy (non-hydrogen) atoms. The average molecular weight is 491 g/mol. The third kappa shape index (κ3) is 4.94. The van der Waals surface area contributed by atoms with E-state index in [1.807, 2.05) is 23.6 Å². The lowest BCUT2D eigenvalue weighted by Crippen LogP contribution is -2.22. The van der Waals surface area contributed by atoms with E-state index in [9.17, 15) is 15.2 Å². The van der Waals surface area contributed by atoms with Crippen LogP contribution in [0.5, 0.6) is 5.75 Å². The third-order valence-corrected chi connectivity index (χ3v) is 7.87. The SMILES string of the molecule is COc1cc(C)c2c(ccn2C(=O)O)c1Cc1nc2cc(C#N)ccc2n1COCC[Si](C)(C)C. The molecule has 2 heterocycles. The Morgan fingerprint density at radius 2 is 2.00 bits per heavy atom. The van der Waals surface area contributed by atoms with E-state index in [-0.39, 0.29) is 0 Å². The molecule has 0 aliphatic rings. The van der Waals surface area contributed by atoms with E-state index in [2.05, 4.69) is 25.7 Å². The molecule has 0 fully saturated rings. The Morgan fingerprint density at radius 1 is 1.23 bits per heavy atom. The minimum atomic E-state index is -1.23. The summed E-state index contributed by atoms with van der Waals surface area (Å²) >= 11 is 0. The van der Waals surface area contributed by atoms with Gasteiger partial charge in [0, 0.05) is 38.2 Å². The number of carbonyl (C=O) groups is 1. The Balaban J connectivity index is 1.80. The highest BCUT2D eigenvalue weighted by atomic mass is 28.3. The molecule has 0 amide bonds. The molecule has 8 nitrogen and oxygen atoms in total. The van der Waals surface area contributed by atoms with Crippen molar-refractivity contribution < 1.29 is 19.4 Å². The van der Waals surface area contributed by atoms with Gasteiger partial charge in [-0.05, 0) is 48.9 Å². The number of methoxy groups -OCH3 is 1. The lowest BCUT2D eigenvalue weighted by molar-refractivity contribution is 0.0881. The largest absolute Gasteiger partial charge is 0.496 e. The van der Waals surface area contributed by atoms with Crippen LogP contribution in [0.3, 0.4) is 0 Å². The summed E-state index contributed by atoms with van der Waals surface area (Å²) in [6, 6.07) is 12.4. The number of aromatic nitrogens is 3. The fourth-order valence-electron chi connectivity index (χ4n) is 4.31. The molecule has 2 aromatic carbocycles. The molecule has 4 rings (SSSR count). The maximum Gasteiger partial charge on any atom is 0.416 e. The zero-order valence-corrected chi connectivity index (χ0v) is 21.8. The second kappa shape index (κ2) is 9.56. The highest BCUT2D eigenvalue weighted by Gasteiger charge is 2.21. The summed E-state index contributed by atoms with van der Waals surface area (Å²) in [5, 5.41) is 19.8. The second-order valence-corrected chi connectivity index (χ2v) is 15.5. The molecule has 1 N–H and O–H groups in total. The molecule has 0 aliphatic carbocycles. The number of aryl methyl sites for hydroxylation is 1. The van der Waals surface area contributed by atoms with Gasteiger partial charge in [0.25, 0.3) is 0 Å². The number of hydrogen-bond acceptors (Lipinski definition) is 5. The van der Waals surface area contributed by atoms with Gasteiger partial charge in [0.2, 0.25) is 0 Å². The first-order valence-electron chi connectivity index (χ1n) is 11.5. The Morgan fingerprint density at radius 3 is 2.66 bits per heavy atom. The highest BCUT2D eigenvalue weighted by Crippen LogP contribution is 2.34. The molecular weight excluding hydrogens is 460 g/mol. The van der Waals surface area contributed by atoms with Gasteiger partial charge in [-0.15, -0.1) is 0 Å². The van der Waals surface area contributed by atoms with Crippen molar-refractivity contribution >= 4 is 36.1 Å². The van der Waals surface area contributed by atoms with Crippen molar-refractivity contribution in [2.24, 2.45) is 0 Å². The molecular formula is C26H30N4O4Si. The Hall–Kier alpha value is -3.61. The molecule has 9 heteroatoms. The van der Waals surface area contributed by atoms with Gasteiger partial charge < -0.3 is 19.1 Å². The van der Waals surface area contributed by atoms with Crippen LogP contribution in [0.25, 0.3) is 21.9 Å². The summed E-state index contributed by atoms with van der Waals surface area (Å²) in [5.41, 5.74) is 4.45. The summed E-state index contributed by atoms with van der Waals surface area (Å²) in [6.45, 7) is 9.83. The zero-order valence-electron chi connectivity index (χ0n) is 20.8. The summed E-state index contributed by atoms with van der Waals surface area (Å²) < 4.78 is 15.0. The number of carboxylic acid groups (broad SMARTS) is 1. The van der Waals surface area contributed by atoms with E-state index < -0.39 is 14.2 Å². The van der Waals surface area contributed by atoms with Crippen LogP contribution in [0.4, 0.5) is 4.79 Å². The van der Waals surface area contributed by atoms with Crippen LogP contribution in [0.2, 0.25) is 25.7 Å². The summed E-state index contributed by atoms with van der Waals surface area (Å²) in [5.74, 6) is 1.43. The van der Waals surface area contributed by atoms with Crippen molar-refractivity contribution in [3.05, 3.63) is 59.0 Å². The first-order valence-corrected chi connectivity index (χ1v) is 15.2. The fourth-order valence-corrected chi connectivity index (χ4v) is 5.06. The van der Waals surface area contributed by atoms with Crippen LogP contribution in [0, 0.1) is 18.3 Å². The van der Waals surface area contributed by atoms with Crippen LogP contribution >= 0.6 is 0 Å². The average Bonchev–Trinajstić information content (AvgIpc) is 3.39. The van der Waals surface area contributed by atoms with Crippen LogP contribution in [0.1, 0.15) is 22.5 Å². The molecule has 0 saturated heterocycles. The van der Waals surface area contributed by atoms with Gasteiger partial charge in [-0.2, -0.15) is 5.26 Å². The Labute approximate surface area is 205 Å². The second-order valence-electron chi connectivity index (χ2n) is 9.90. The maximum absolute atomic E-state index is 11.8. The van der Waals surface area contributed by atoms with Crippen molar-refractivity contribution in [1.82, 2.24) is 14.1 Å². The summed E-state index contributed by atoms with van der Waals surface area (Å²) in [7, 11) is 0.383. The highest BCUT2D eigenvalue weighted by molar-refractivity contribution is 6.76. The summed E-state index contributed by atoms with van der Waals surface area (Å²) in [6.07, 6.45) is 0.939. The standard InChI is InChI=1S/C26H30N4O4Si/c1-17-12-23(33-2)20(19-8-9-29(25(17)19)26(31)32)14-24-28-21-13-18(15-27)6-7-22(21)30(24)16-34-10-11-35(3,4)5/h6-9,12-13H,10-11,14,16H2,1-5H3,(H,31,32). The minimum Gasteiger partial charge on any atom is -0.496 e. The number of nitrogens with zero attached hydrogens (tertiary/aromatic N) is 4. The first kappa shape index (κ1) is 24.5. The smallest absolute Gasteiger partial charge is 0.416 e. The van der Waals surface area contributed by atoms with E-state index in [0.717, 1.165) is 39.4 Å². The number of rotatable bonds is 8. The van der Waals surface area contributed by atoms with E-state index in [1.165, 1.54) is 4.57 Å². The van der Waals surface area contributed by atoms with Gasteiger partial charge in [0.1, 0.15) is 18.3 Å². The summed E-state index contributed by atoms with van der Waals surface area (Å²) in [4.78, 5) is 16.6. The number of ether oxygens (including phenoxy) is 2. The van der Waals surface area contributed by atoms with E-state index >= 15 is 0 Å². The van der Waals surface area contributed by atoms with Crippen LogP contribution in [-0.2, 0) is 17.9 Å². The molecule has 0 unspecified atom stereocenters. The first-order chi connectivity index (χ1) is 16.6. The zero-order chi connectivity index (χ0) is 25.3. The number of nitriles is 1. The monoisotopic (exact) mass is 490 g/mol. The molecule has 0 atom stereocenters. The normalized spacial score (nSPS) is 11.8. The molecule has 0 aliphatic heterocycles. The topological polar surface area (TPSA) is 102 Å². The number of hydrogen-bond donors (Lipinski definition) is 1. The minimum absolute atomic E-state index is 0.343. The van der Waals surface area contributed by atoms with Crippen LogP contribution in [-0.4, -0.2) is 47.1 Å². The van der Waals surface area contributed by atoms with Gasteiger partial charge >= 0.3 is 6.09 Å². The van der Waals surface area contributed by atoms with Gasteiger partial charge in [-0.3, -0.25) is 4.57 Å². The molecule has 0 radical (unpaired) electrons. The van der Waals surface area contributed by atoms with Crippen molar-refractivity contribution in [3.63, 3.8) is 0 Å². The van der Waals surface area contributed by atoms with Gasteiger partial charge in [0.15, 0.2) is 0 Å². The van der Waals surface area contributed by atoms with E-state index in [0.29, 0.717) is 36.6 Å². The predicted octanol–water partition coefficient (Wildman–Crippen LogP) is 5.61. The Bertz CT molecular complexity index is 1460.